The van der Waals surface area contributed by atoms with E-state index >= 15 is 0 Å². The van der Waals surface area contributed by atoms with E-state index in [4.69, 9.17) is 4.74 Å². The van der Waals surface area contributed by atoms with E-state index in [9.17, 15) is 13.2 Å². The van der Waals surface area contributed by atoms with Crippen LogP contribution in [0.5, 0.6) is 0 Å². The molecule has 128 valence electrons. The van der Waals surface area contributed by atoms with Crippen molar-refractivity contribution >= 4 is 0 Å². The SMILES string of the molecule is CCc1ccc(-c2ccc(C3CCC(C)OC3)c(F)c2F)c(F)c1. The first-order valence-electron chi connectivity index (χ1n) is 8.39. The van der Waals surface area contributed by atoms with Gasteiger partial charge in [0, 0.05) is 17.0 Å². The molecule has 2 aromatic carbocycles. The van der Waals surface area contributed by atoms with Crippen molar-refractivity contribution < 1.29 is 17.9 Å². The van der Waals surface area contributed by atoms with Crippen molar-refractivity contribution in [3.05, 3.63) is 58.9 Å². The largest absolute Gasteiger partial charge is 0.378 e. The van der Waals surface area contributed by atoms with Crippen LogP contribution in [0.3, 0.4) is 0 Å². The number of rotatable bonds is 3. The van der Waals surface area contributed by atoms with E-state index in [0.717, 1.165) is 18.4 Å². The maximum absolute atomic E-state index is 14.6. The molecule has 1 heterocycles. The van der Waals surface area contributed by atoms with Gasteiger partial charge in [0.05, 0.1) is 12.7 Å². The summed E-state index contributed by atoms with van der Waals surface area (Å²) in [6, 6.07) is 7.65. The number of halogens is 3. The Morgan fingerprint density at radius 2 is 1.75 bits per heavy atom. The first-order valence-corrected chi connectivity index (χ1v) is 8.39. The second-order valence-corrected chi connectivity index (χ2v) is 6.42. The lowest BCUT2D eigenvalue weighted by molar-refractivity contribution is 0.0147. The molecule has 0 spiro atoms. The zero-order chi connectivity index (χ0) is 17.3. The molecule has 0 radical (unpaired) electrons. The van der Waals surface area contributed by atoms with E-state index in [1.807, 2.05) is 13.8 Å². The van der Waals surface area contributed by atoms with Gasteiger partial charge in [0.1, 0.15) is 5.82 Å². The number of benzene rings is 2. The topological polar surface area (TPSA) is 9.23 Å². The van der Waals surface area contributed by atoms with E-state index in [1.54, 1.807) is 12.1 Å². The van der Waals surface area contributed by atoms with Gasteiger partial charge in [0.25, 0.3) is 0 Å². The van der Waals surface area contributed by atoms with Crippen molar-refractivity contribution in [2.24, 2.45) is 0 Å². The molecule has 0 saturated carbocycles. The molecule has 1 aliphatic rings. The van der Waals surface area contributed by atoms with Crippen molar-refractivity contribution in [3.63, 3.8) is 0 Å². The molecular formula is C20H21F3O. The molecule has 0 amide bonds. The summed E-state index contributed by atoms with van der Waals surface area (Å²) in [6.07, 6.45) is 2.42. The summed E-state index contributed by atoms with van der Waals surface area (Å²) in [4.78, 5) is 0. The van der Waals surface area contributed by atoms with Gasteiger partial charge in [-0.15, -0.1) is 0 Å². The van der Waals surface area contributed by atoms with E-state index in [2.05, 4.69) is 0 Å². The molecule has 1 saturated heterocycles. The minimum atomic E-state index is -0.991. The van der Waals surface area contributed by atoms with E-state index in [-0.39, 0.29) is 23.1 Å². The normalized spacial score (nSPS) is 21.0. The quantitative estimate of drug-likeness (QED) is 0.708. The first-order chi connectivity index (χ1) is 11.5. The Labute approximate surface area is 140 Å². The van der Waals surface area contributed by atoms with Crippen molar-refractivity contribution in [1.29, 1.82) is 0 Å². The van der Waals surface area contributed by atoms with Crippen LogP contribution in [-0.4, -0.2) is 12.7 Å². The number of hydrogen-bond donors (Lipinski definition) is 0. The third-order valence-electron chi connectivity index (χ3n) is 4.79. The zero-order valence-electron chi connectivity index (χ0n) is 13.9. The summed E-state index contributed by atoms with van der Waals surface area (Å²) in [7, 11) is 0. The maximum atomic E-state index is 14.6. The van der Waals surface area contributed by atoms with Gasteiger partial charge in [0.15, 0.2) is 11.6 Å². The Bertz CT molecular complexity index is 734. The van der Waals surface area contributed by atoms with Gasteiger partial charge in [-0.05, 0) is 43.4 Å². The lowest BCUT2D eigenvalue weighted by atomic mass is 9.89. The van der Waals surface area contributed by atoms with Crippen molar-refractivity contribution in [3.8, 4) is 11.1 Å². The Kier molecular flexibility index (Phi) is 4.95. The van der Waals surface area contributed by atoms with Gasteiger partial charge in [-0.1, -0.05) is 31.2 Å². The fourth-order valence-electron chi connectivity index (χ4n) is 3.21. The van der Waals surface area contributed by atoms with Crippen LogP contribution in [0.15, 0.2) is 30.3 Å². The Balaban J connectivity index is 1.96. The van der Waals surface area contributed by atoms with E-state index < -0.39 is 17.5 Å². The van der Waals surface area contributed by atoms with Crippen LogP contribution >= 0.6 is 0 Å². The predicted molar refractivity (Wildman–Crippen MR) is 88.5 cm³/mol. The van der Waals surface area contributed by atoms with Gasteiger partial charge >= 0.3 is 0 Å². The third-order valence-corrected chi connectivity index (χ3v) is 4.79. The van der Waals surface area contributed by atoms with Gasteiger partial charge in [-0.3, -0.25) is 0 Å². The Hall–Kier alpha value is -1.81. The van der Waals surface area contributed by atoms with Gasteiger partial charge in [-0.25, -0.2) is 13.2 Å². The summed E-state index contributed by atoms with van der Waals surface area (Å²) >= 11 is 0. The molecular weight excluding hydrogens is 313 g/mol. The average molecular weight is 334 g/mol. The molecule has 3 rings (SSSR count). The number of ether oxygens (including phenoxy) is 1. The van der Waals surface area contributed by atoms with Crippen LogP contribution in [0.1, 0.15) is 43.7 Å². The Morgan fingerprint density at radius 1 is 1.00 bits per heavy atom. The van der Waals surface area contributed by atoms with Crippen LogP contribution in [0, 0.1) is 17.5 Å². The minimum Gasteiger partial charge on any atom is -0.378 e. The van der Waals surface area contributed by atoms with Crippen LogP contribution in [-0.2, 0) is 11.2 Å². The third kappa shape index (κ3) is 3.20. The van der Waals surface area contributed by atoms with Gasteiger partial charge in [-0.2, -0.15) is 0 Å². The molecule has 0 aliphatic carbocycles. The molecule has 4 heteroatoms. The highest BCUT2D eigenvalue weighted by molar-refractivity contribution is 5.66. The van der Waals surface area contributed by atoms with Gasteiger partial charge in [0.2, 0.25) is 0 Å². The highest BCUT2D eigenvalue weighted by atomic mass is 19.2. The lowest BCUT2D eigenvalue weighted by Gasteiger charge is -2.27. The van der Waals surface area contributed by atoms with Gasteiger partial charge < -0.3 is 4.74 Å². The van der Waals surface area contributed by atoms with E-state index in [1.165, 1.54) is 18.2 Å². The molecule has 0 N–H and O–H groups in total. The number of aryl methyl sites for hydroxylation is 1. The highest BCUT2D eigenvalue weighted by Gasteiger charge is 2.26. The lowest BCUT2D eigenvalue weighted by Crippen LogP contribution is -2.23. The van der Waals surface area contributed by atoms with E-state index in [0.29, 0.717) is 18.6 Å². The molecule has 2 atom stereocenters. The van der Waals surface area contributed by atoms with Crippen LogP contribution in [0.25, 0.3) is 11.1 Å². The second-order valence-electron chi connectivity index (χ2n) is 6.42. The molecule has 0 aromatic heterocycles. The van der Waals surface area contributed by atoms with Crippen molar-refractivity contribution in [2.45, 2.75) is 45.1 Å². The summed E-state index contributed by atoms with van der Waals surface area (Å²) in [5.41, 5.74) is 1.18. The van der Waals surface area contributed by atoms with Crippen LogP contribution in [0.4, 0.5) is 13.2 Å². The highest BCUT2D eigenvalue weighted by Crippen LogP contribution is 2.35. The van der Waals surface area contributed by atoms with Crippen LogP contribution in [0.2, 0.25) is 0 Å². The minimum absolute atomic E-state index is 0.0403. The predicted octanol–water partition coefficient (Wildman–Crippen LogP) is 5.62. The molecule has 0 bridgehead atoms. The molecule has 2 aromatic rings. The summed E-state index contributed by atoms with van der Waals surface area (Å²) < 4.78 is 48.9. The smallest absolute Gasteiger partial charge is 0.167 e. The maximum Gasteiger partial charge on any atom is 0.167 e. The fourth-order valence-corrected chi connectivity index (χ4v) is 3.21. The molecule has 1 nitrogen and oxygen atoms in total. The van der Waals surface area contributed by atoms with Crippen molar-refractivity contribution in [2.75, 3.05) is 6.61 Å². The molecule has 24 heavy (non-hydrogen) atoms. The zero-order valence-corrected chi connectivity index (χ0v) is 13.9. The second kappa shape index (κ2) is 6.98. The Morgan fingerprint density at radius 3 is 2.38 bits per heavy atom. The van der Waals surface area contributed by atoms with Crippen LogP contribution < -0.4 is 0 Å². The number of hydrogen-bond acceptors (Lipinski definition) is 1. The molecule has 1 aliphatic heterocycles. The monoisotopic (exact) mass is 334 g/mol. The summed E-state index contributed by atoms with van der Waals surface area (Å²) in [6.45, 7) is 4.27. The summed E-state index contributed by atoms with van der Waals surface area (Å²) in [5.74, 6) is -2.57. The summed E-state index contributed by atoms with van der Waals surface area (Å²) in [5, 5.41) is 0. The molecule has 1 fully saturated rings. The standard InChI is InChI=1S/C20H21F3O/c1-3-13-5-7-16(18(21)10-13)17-9-8-15(19(22)20(17)23)14-6-4-12(2)24-11-14/h5,7-10,12,14H,3-4,6,11H2,1-2H3. The molecule has 2 unspecified atom stereocenters. The van der Waals surface area contributed by atoms with Crippen molar-refractivity contribution in [1.82, 2.24) is 0 Å². The average Bonchev–Trinajstić information content (AvgIpc) is 2.58. The first kappa shape index (κ1) is 17.0. The fraction of sp³-hybridized carbons (Fsp3) is 0.400.